The maximum atomic E-state index is 12.2. The number of carbonyl (C=O) groups is 1. The first-order chi connectivity index (χ1) is 12.9. The SMILES string of the molecule is CC(C)c1ccc(NC(=O)CSc2nnc(-c3cccc(Cl)c3)n2N)cc1. The molecule has 1 amide bonds. The molecule has 0 atom stereocenters. The van der Waals surface area contributed by atoms with Crippen LogP contribution in [0.2, 0.25) is 5.02 Å². The number of halogens is 1. The summed E-state index contributed by atoms with van der Waals surface area (Å²) < 4.78 is 1.36. The van der Waals surface area contributed by atoms with Gasteiger partial charge in [-0.15, -0.1) is 10.2 Å². The molecule has 3 rings (SSSR count). The monoisotopic (exact) mass is 401 g/mol. The number of anilines is 1. The first kappa shape index (κ1) is 19.3. The van der Waals surface area contributed by atoms with Crippen LogP contribution in [0, 0.1) is 0 Å². The zero-order valence-corrected chi connectivity index (χ0v) is 16.6. The number of benzene rings is 2. The van der Waals surface area contributed by atoms with Crippen LogP contribution < -0.4 is 11.2 Å². The first-order valence-electron chi connectivity index (χ1n) is 8.43. The van der Waals surface area contributed by atoms with E-state index in [0.717, 1.165) is 11.3 Å². The third-order valence-corrected chi connectivity index (χ3v) is 5.12. The topological polar surface area (TPSA) is 85.8 Å². The van der Waals surface area contributed by atoms with Crippen LogP contribution in [-0.4, -0.2) is 26.5 Å². The summed E-state index contributed by atoms with van der Waals surface area (Å²) >= 11 is 7.23. The lowest BCUT2D eigenvalue weighted by molar-refractivity contribution is -0.113. The van der Waals surface area contributed by atoms with Crippen molar-refractivity contribution < 1.29 is 4.79 Å². The predicted octanol–water partition coefficient (Wildman–Crippen LogP) is 4.17. The Morgan fingerprint density at radius 3 is 2.63 bits per heavy atom. The molecule has 0 bridgehead atoms. The molecule has 0 fully saturated rings. The van der Waals surface area contributed by atoms with Crippen LogP contribution in [0.15, 0.2) is 53.7 Å². The molecule has 3 N–H and O–H groups in total. The number of nitrogens with one attached hydrogen (secondary N) is 1. The van der Waals surface area contributed by atoms with Crippen LogP contribution in [0.1, 0.15) is 25.3 Å². The van der Waals surface area contributed by atoms with Gasteiger partial charge in [0.2, 0.25) is 11.1 Å². The summed E-state index contributed by atoms with van der Waals surface area (Å²) in [6.07, 6.45) is 0. The Labute approximate surface area is 167 Å². The van der Waals surface area contributed by atoms with Crippen molar-refractivity contribution in [1.82, 2.24) is 14.9 Å². The molecule has 0 radical (unpaired) electrons. The summed E-state index contributed by atoms with van der Waals surface area (Å²) in [6.45, 7) is 4.26. The van der Waals surface area contributed by atoms with Crippen LogP contribution in [0.25, 0.3) is 11.4 Å². The molecule has 0 spiro atoms. The second-order valence-electron chi connectivity index (χ2n) is 6.30. The van der Waals surface area contributed by atoms with Gasteiger partial charge in [-0.2, -0.15) is 0 Å². The number of amides is 1. The molecule has 0 aliphatic rings. The van der Waals surface area contributed by atoms with Crippen molar-refractivity contribution in [2.45, 2.75) is 24.9 Å². The highest BCUT2D eigenvalue weighted by Gasteiger charge is 2.14. The predicted molar refractivity (Wildman–Crippen MR) is 111 cm³/mol. The molecule has 1 heterocycles. The molecular formula is C19H20ClN5OS. The summed E-state index contributed by atoms with van der Waals surface area (Å²) in [7, 11) is 0. The molecule has 8 heteroatoms. The highest BCUT2D eigenvalue weighted by Crippen LogP contribution is 2.24. The second-order valence-corrected chi connectivity index (χ2v) is 7.68. The van der Waals surface area contributed by atoms with Gasteiger partial charge < -0.3 is 11.2 Å². The number of carbonyl (C=O) groups excluding carboxylic acids is 1. The van der Waals surface area contributed by atoms with Gasteiger partial charge in [-0.3, -0.25) is 4.79 Å². The van der Waals surface area contributed by atoms with Crippen LogP contribution in [0.3, 0.4) is 0 Å². The van der Waals surface area contributed by atoms with Crippen LogP contribution in [0.4, 0.5) is 5.69 Å². The molecule has 0 unspecified atom stereocenters. The molecule has 0 saturated carbocycles. The van der Waals surface area contributed by atoms with E-state index in [2.05, 4.69) is 29.4 Å². The maximum absolute atomic E-state index is 12.2. The van der Waals surface area contributed by atoms with E-state index < -0.39 is 0 Å². The molecular weight excluding hydrogens is 382 g/mol. The average molecular weight is 402 g/mol. The number of nitrogen functional groups attached to an aromatic ring is 1. The van der Waals surface area contributed by atoms with E-state index in [1.165, 1.54) is 22.0 Å². The molecule has 0 aliphatic carbocycles. The van der Waals surface area contributed by atoms with Gasteiger partial charge >= 0.3 is 0 Å². The van der Waals surface area contributed by atoms with Gasteiger partial charge in [0.15, 0.2) is 5.82 Å². The van der Waals surface area contributed by atoms with E-state index in [1.807, 2.05) is 36.4 Å². The second kappa shape index (κ2) is 8.45. The number of thioether (sulfide) groups is 1. The van der Waals surface area contributed by atoms with Crippen molar-refractivity contribution in [2.75, 3.05) is 16.9 Å². The average Bonchev–Trinajstić information content (AvgIpc) is 3.01. The Kier molecular flexibility index (Phi) is 6.03. The molecule has 3 aromatic rings. The van der Waals surface area contributed by atoms with E-state index in [1.54, 1.807) is 12.1 Å². The van der Waals surface area contributed by atoms with E-state index in [-0.39, 0.29) is 11.7 Å². The third kappa shape index (κ3) is 4.81. The third-order valence-electron chi connectivity index (χ3n) is 3.94. The van der Waals surface area contributed by atoms with E-state index in [9.17, 15) is 4.79 Å². The summed E-state index contributed by atoms with van der Waals surface area (Å²) in [5.74, 6) is 7.05. The largest absolute Gasteiger partial charge is 0.335 e. The molecule has 2 aromatic carbocycles. The number of nitrogens with two attached hydrogens (primary N) is 1. The minimum atomic E-state index is -0.135. The van der Waals surface area contributed by atoms with Gasteiger partial charge in [-0.1, -0.05) is 61.5 Å². The Morgan fingerprint density at radius 1 is 1.22 bits per heavy atom. The normalized spacial score (nSPS) is 11.0. The molecule has 140 valence electrons. The maximum Gasteiger partial charge on any atom is 0.234 e. The van der Waals surface area contributed by atoms with E-state index in [0.29, 0.717) is 21.9 Å². The lowest BCUT2D eigenvalue weighted by Crippen LogP contribution is -2.16. The van der Waals surface area contributed by atoms with Gasteiger partial charge in [-0.25, -0.2) is 4.68 Å². The van der Waals surface area contributed by atoms with Gasteiger partial charge in [0.25, 0.3) is 0 Å². The quantitative estimate of drug-likeness (QED) is 0.478. The van der Waals surface area contributed by atoms with E-state index in [4.69, 9.17) is 17.4 Å². The summed E-state index contributed by atoms with van der Waals surface area (Å²) in [6, 6.07) is 15.0. The molecule has 0 saturated heterocycles. The summed E-state index contributed by atoms with van der Waals surface area (Å²) in [4.78, 5) is 12.2. The highest BCUT2D eigenvalue weighted by molar-refractivity contribution is 7.99. The zero-order chi connectivity index (χ0) is 19.4. The van der Waals surface area contributed by atoms with Crippen LogP contribution in [0.5, 0.6) is 0 Å². The van der Waals surface area contributed by atoms with Gasteiger partial charge in [-0.05, 0) is 35.7 Å². The standard InChI is InChI=1S/C19H20ClN5OS/c1-12(2)13-6-8-16(9-7-13)22-17(26)11-27-19-24-23-18(25(19)21)14-4-3-5-15(20)10-14/h3-10,12H,11,21H2,1-2H3,(H,22,26). The fourth-order valence-corrected chi connectivity index (χ4v) is 3.33. The number of nitrogens with zero attached hydrogens (tertiary/aromatic N) is 3. The molecule has 0 aliphatic heterocycles. The van der Waals surface area contributed by atoms with Crippen LogP contribution in [-0.2, 0) is 4.79 Å². The van der Waals surface area contributed by atoms with Crippen molar-refractivity contribution in [2.24, 2.45) is 0 Å². The Balaban J connectivity index is 1.61. The van der Waals surface area contributed by atoms with Gasteiger partial charge in [0.05, 0.1) is 5.75 Å². The minimum Gasteiger partial charge on any atom is -0.335 e. The summed E-state index contributed by atoms with van der Waals surface area (Å²) in [5, 5.41) is 12.1. The van der Waals surface area contributed by atoms with Crippen molar-refractivity contribution >= 4 is 35.0 Å². The number of hydrogen-bond acceptors (Lipinski definition) is 5. The van der Waals surface area contributed by atoms with Gasteiger partial charge in [0, 0.05) is 16.3 Å². The minimum absolute atomic E-state index is 0.135. The van der Waals surface area contributed by atoms with Gasteiger partial charge in [0.1, 0.15) is 0 Å². The fourth-order valence-electron chi connectivity index (χ4n) is 2.48. The van der Waals surface area contributed by atoms with Crippen molar-refractivity contribution in [3.8, 4) is 11.4 Å². The van der Waals surface area contributed by atoms with Crippen molar-refractivity contribution in [3.05, 3.63) is 59.1 Å². The van der Waals surface area contributed by atoms with Crippen LogP contribution >= 0.6 is 23.4 Å². The Morgan fingerprint density at radius 2 is 1.96 bits per heavy atom. The summed E-state index contributed by atoms with van der Waals surface area (Å²) in [5.41, 5.74) is 2.75. The molecule has 1 aromatic heterocycles. The molecule has 27 heavy (non-hydrogen) atoms. The van der Waals surface area contributed by atoms with Crippen molar-refractivity contribution in [1.29, 1.82) is 0 Å². The number of rotatable bonds is 6. The van der Waals surface area contributed by atoms with Crippen molar-refractivity contribution in [3.63, 3.8) is 0 Å². The fraction of sp³-hybridized carbons (Fsp3) is 0.211. The zero-order valence-electron chi connectivity index (χ0n) is 15.0. The van der Waals surface area contributed by atoms with E-state index >= 15 is 0 Å². The number of hydrogen-bond donors (Lipinski definition) is 2. The Bertz CT molecular complexity index is 940. The smallest absolute Gasteiger partial charge is 0.234 e. The number of aromatic nitrogens is 3. The lowest BCUT2D eigenvalue weighted by Gasteiger charge is -2.08. The molecule has 6 nitrogen and oxygen atoms in total. The highest BCUT2D eigenvalue weighted by atomic mass is 35.5. The Hall–Kier alpha value is -2.51. The first-order valence-corrected chi connectivity index (χ1v) is 9.79. The lowest BCUT2D eigenvalue weighted by atomic mass is 10.0.